The molecule has 1 saturated heterocycles. The third-order valence-electron chi connectivity index (χ3n) is 5.04. The number of furan rings is 1. The van der Waals surface area contributed by atoms with E-state index in [9.17, 15) is 15.0 Å². The zero-order valence-corrected chi connectivity index (χ0v) is 16.2. The number of hydrogen-bond donors (Lipinski definition) is 2. The lowest BCUT2D eigenvalue weighted by atomic mass is 10.2. The van der Waals surface area contributed by atoms with Gasteiger partial charge in [-0.1, -0.05) is 17.7 Å². The minimum atomic E-state index is -0.818. The van der Waals surface area contributed by atoms with Crippen molar-refractivity contribution >= 4 is 11.1 Å². The fourth-order valence-electron chi connectivity index (χ4n) is 3.43. The number of benzene rings is 1. The summed E-state index contributed by atoms with van der Waals surface area (Å²) in [5, 5.41) is 19.8. The summed E-state index contributed by atoms with van der Waals surface area (Å²) >= 11 is 0. The van der Waals surface area contributed by atoms with Crippen LogP contribution >= 0.6 is 0 Å². The van der Waals surface area contributed by atoms with E-state index < -0.39 is 24.1 Å². The van der Waals surface area contributed by atoms with Crippen LogP contribution in [0.5, 0.6) is 5.75 Å². The number of aliphatic hydroxyl groups excluding tert-OH is 2. The van der Waals surface area contributed by atoms with E-state index in [0.29, 0.717) is 18.4 Å². The summed E-state index contributed by atoms with van der Waals surface area (Å²) in [7, 11) is 0. The van der Waals surface area contributed by atoms with E-state index in [4.69, 9.17) is 13.9 Å². The quantitative estimate of drug-likeness (QED) is 0.584. The van der Waals surface area contributed by atoms with Gasteiger partial charge in [0.15, 0.2) is 0 Å². The van der Waals surface area contributed by atoms with E-state index in [1.54, 1.807) is 6.20 Å². The van der Waals surface area contributed by atoms with Gasteiger partial charge >= 0.3 is 5.69 Å². The van der Waals surface area contributed by atoms with Crippen molar-refractivity contribution in [3.05, 3.63) is 58.3 Å². The number of hydrogen-bond acceptors (Lipinski definition) is 7. The first-order valence-electron chi connectivity index (χ1n) is 9.69. The summed E-state index contributed by atoms with van der Waals surface area (Å²) in [6.45, 7) is 2.28. The third kappa shape index (κ3) is 4.34. The largest absolute Gasteiger partial charge is 0.494 e. The molecule has 0 aliphatic carbocycles. The highest BCUT2D eigenvalue weighted by Crippen LogP contribution is 2.28. The SMILES string of the molecule is Cc1ccc(OCCCc2cc3cn([C@H]4C[C@H](O)[C@@H](CO)O4)c(=O)nc3o2)cc1. The van der Waals surface area contributed by atoms with Crippen LogP contribution in [0.2, 0.25) is 0 Å². The lowest BCUT2D eigenvalue weighted by Gasteiger charge is -2.13. The number of rotatable bonds is 7. The zero-order valence-electron chi connectivity index (χ0n) is 16.2. The highest BCUT2D eigenvalue weighted by Gasteiger charge is 2.35. The van der Waals surface area contributed by atoms with Crippen molar-refractivity contribution in [2.75, 3.05) is 13.2 Å². The minimum absolute atomic E-state index is 0.222. The van der Waals surface area contributed by atoms with E-state index >= 15 is 0 Å². The molecule has 2 N–H and O–H groups in total. The van der Waals surface area contributed by atoms with Gasteiger partial charge in [0, 0.05) is 19.0 Å². The van der Waals surface area contributed by atoms with Gasteiger partial charge in [-0.25, -0.2) is 4.79 Å². The average molecular weight is 400 g/mol. The molecule has 3 aromatic rings. The average Bonchev–Trinajstić information content (AvgIpc) is 3.28. The van der Waals surface area contributed by atoms with Crippen LogP contribution in [-0.4, -0.2) is 45.2 Å². The topological polar surface area (TPSA) is 107 Å². The number of ether oxygens (including phenoxy) is 2. The number of fused-ring (bicyclic) bond motifs is 1. The van der Waals surface area contributed by atoms with E-state index in [2.05, 4.69) is 4.98 Å². The third-order valence-corrected chi connectivity index (χ3v) is 5.04. The summed E-state index contributed by atoms with van der Waals surface area (Å²) in [6, 6.07) is 9.74. The van der Waals surface area contributed by atoms with Crippen molar-refractivity contribution < 1.29 is 24.1 Å². The van der Waals surface area contributed by atoms with Crippen LogP contribution in [0.3, 0.4) is 0 Å². The Morgan fingerprint density at radius 2 is 2.10 bits per heavy atom. The highest BCUT2D eigenvalue weighted by atomic mass is 16.5. The van der Waals surface area contributed by atoms with Crippen LogP contribution in [0.15, 0.2) is 45.7 Å². The Kier molecular flexibility index (Phi) is 5.66. The predicted octanol–water partition coefficient (Wildman–Crippen LogP) is 1.95. The summed E-state index contributed by atoms with van der Waals surface area (Å²) in [5.74, 6) is 1.55. The molecule has 0 amide bonds. The van der Waals surface area contributed by atoms with Gasteiger partial charge in [-0.15, -0.1) is 0 Å². The predicted molar refractivity (Wildman–Crippen MR) is 105 cm³/mol. The van der Waals surface area contributed by atoms with Gasteiger partial charge in [-0.05, 0) is 31.5 Å². The molecule has 3 heterocycles. The van der Waals surface area contributed by atoms with Gasteiger partial charge in [-0.3, -0.25) is 4.57 Å². The molecule has 154 valence electrons. The molecule has 2 aromatic heterocycles. The maximum atomic E-state index is 12.3. The maximum Gasteiger partial charge on any atom is 0.353 e. The second-order valence-corrected chi connectivity index (χ2v) is 7.28. The second-order valence-electron chi connectivity index (χ2n) is 7.28. The Morgan fingerprint density at radius 3 is 2.83 bits per heavy atom. The number of aromatic nitrogens is 2. The first kappa shape index (κ1) is 19.6. The number of aryl methyl sites for hydroxylation is 2. The lowest BCUT2D eigenvalue weighted by Crippen LogP contribution is -2.27. The number of aliphatic hydroxyl groups is 2. The number of nitrogens with zero attached hydrogens (tertiary/aromatic N) is 2. The summed E-state index contributed by atoms with van der Waals surface area (Å²) in [4.78, 5) is 16.3. The molecule has 0 bridgehead atoms. The molecule has 1 aliphatic rings. The molecule has 1 aliphatic heterocycles. The van der Waals surface area contributed by atoms with Crippen molar-refractivity contribution in [3.63, 3.8) is 0 Å². The van der Waals surface area contributed by atoms with Crippen LogP contribution in [-0.2, 0) is 11.2 Å². The molecule has 1 fully saturated rings. The summed E-state index contributed by atoms with van der Waals surface area (Å²) in [6.07, 6.45) is 1.08. The van der Waals surface area contributed by atoms with Gasteiger partial charge in [0.1, 0.15) is 23.8 Å². The fraction of sp³-hybridized carbons (Fsp3) is 0.429. The first-order chi connectivity index (χ1) is 14.0. The Labute approximate surface area is 167 Å². The van der Waals surface area contributed by atoms with Crippen LogP contribution in [0.1, 0.15) is 30.4 Å². The molecular formula is C21H24N2O6. The molecule has 0 spiro atoms. The molecule has 8 nitrogen and oxygen atoms in total. The maximum absolute atomic E-state index is 12.3. The van der Waals surface area contributed by atoms with Crippen molar-refractivity contribution in [1.82, 2.24) is 9.55 Å². The van der Waals surface area contributed by atoms with Crippen molar-refractivity contribution in [2.24, 2.45) is 0 Å². The van der Waals surface area contributed by atoms with Crippen molar-refractivity contribution in [3.8, 4) is 5.75 Å². The molecule has 8 heteroatoms. The van der Waals surface area contributed by atoms with Crippen LogP contribution < -0.4 is 10.4 Å². The normalized spacial score (nSPS) is 21.7. The van der Waals surface area contributed by atoms with Gasteiger partial charge < -0.3 is 24.1 Å². The molecule has 3 atom stereocenters. The lowest BCUT2D eigenvalue weighted by molar-refractivity contribution is -0.0457. The first-order valence-corrected chi connectivity index (χ1v) is 9.69. The van der Waals surface area contributed by atoms with Gasteiger partial charge in [-0.2, -0.15) is 4.98 Å². The summed E-state index contributed by atoms with van der Waals surface area (Å²) in [5.41, 5.74) is 0.946. The fourth-order valence-corrected chi connectivity index (χ4v) is 3.43. The Morgan fingerprint density at radius 1 is 1.31 bits per heavy atom. The summed E-state index contributed by atoms with van der Waals surface area (Å²) < 4.78 is 18.3. The minimum Gasteiger partial charge on any atom is -0.494 e. The van der Waals surface area contributed by atoms with E-state index in [1.165, 1.54) is 10.1 Å². The molecule has 29 heavy (non-hydrogen) atoms. The van der Waals surface area contributed by atoms with E-state index in [1.807, 2.05) is 37.3 Å². The monoisotopic (exact) mass is 400 g/mol. The molecule has 4 rings (SSSR count). The Balaban J connectivity index is 1.40. The second kappa shape index (κ2) is 8.36. The molecule has 0 radical (unpaired) electrons. The molecule has 0 saturated carbocycles. The van der Waals surface area contributed by atoms with E-state index in [-0.39, 0.29) is 18.7 Å². The van der Waals surface area contributed by atoms with Crippen LogP contribution in [0, 0.1) is 6.92 Å². The van der Waals surface area contributed by atoms with E-state index in [0.717, 1.165) is 17.9 Å². The van der Waals surface area contributed by atoms with Crippen LogP contribution in [0.25, 0.3) is 11.1 Å². The molecule has 1 aromatic carbocycles. The van der Waals surface area contributed by atoms with Crippen molar-refractivity contribution in [1.29, 1.82) is 0 Å². The van der Waals surface area contributed by atoms with Gasteiger partial charge in [0.05, 0.1) is 24.7 Å². The molecular weight excluding hydrogens is 376 g/mol. The van der Waals surface area contributed by atoms with Crippen LogP contribution in [0.4, 0.5) is 0 Å². The Bertz CT molecular complexity index is 1030. The van der Waals surface area contributed by atoms with Gasteiger partial charge in [0.2, 0.25) is 5.71 Å². The standard InChI is InChI=1S/C21H24N2O6/c1-13-4-6-15(7-5-13)27-8-2-3-16-9-14-11-23(21(26)22-20(14)28-16)19-10-17(25)18(12-24)29-19/h4-7,9,11,17-19,24-25H,2-3,8,10,12H2,1H3/t17-,18+,19+/m0/s1. The van der Waals surface area contributed by atoms with Gasteiger partial charge in [0.25, 0.3) is 0 Å². The highest BCUT2D eigenvalue weighted by molar-refractivity contribution is 5.72. The zero-order chi connectivity index (χ0) is 20.4. The van der Waals surface area contributed by atoms with Crippen molar-refractivity contribution in [2.45, 2.75) is 44.6 Å². The Hall–Kier alpha value is -2.68. The molecule has 0 unspecified atom stereocenters. The smallest absolute Gasteiger partial charge is 0.353 e.